The molecule has 1 saturated heterocycles. The smallest absolute Gasteiger partial charge is 0.0810 e. The van der Waals surface area contributed by atoms with Crippen LogP contribution in [0, 0.1) is 11.8 Å². The Kier molecular flexibility index (Phi) is 5.11. The van der Waals surface area contributed by atoms with Crippen molar-refractivity contribution in [2.45, 2.75) is 52.9 Å². The van der Waals surface area contributed by atoms with Crippen molar-refractivity contribution in [1.82, 2.24) is 0 Å². The number of hydrogen-bond donors (Lipinski definition) is 0. The highest BCUT2D eigenvalue weighted by Crippen LogP contribution is 2.21. The molecular weight excluding hydrogens is 182 g/mol. The summed E-state index contributed by atoms with van der Waals surface area (Å²) in [5, 5.41) is 0. The molecule has 90 valence electrons. The van der Waals surface area contributed by atoms with Gasteiger partial charge in [-0.05, 0) is 31.6 Å². The SMILES string of the molecule is CC(C)CCC(C)C[N+]1(C)CCCCC1. The molecule has 1 nitrogen and oxygen atoms in total. The van der Waals surface area contributed by atoms with E-state index >= 15 is 0 Å². The zero-order valence-corrected chi connectivity index (χ0v) is 11.3. The van der Waals surface area contributed by atoms with Gasteiger partial charge in [-0.1, -0.05) is 27.2 Å². The van der Waals surface area contributed by atoms with Gasteiger partial charge in [-0.25, -0.2) is 0 Å². The summed E-state index contributed by atoms with van der Waals surface area (Å²) in [5.41, 5.74) is 0. The lowest BCUT2D eigenvalue weighted by atomic mass is 9.97. The van der Waals surface area contributed by atoms with Gasteiger partial charge in [-0.2, -0.15) is 0 Å². The monoisotopic (exact) mass is 212 g/mol. The lowest BCUT2D eigenvalue weighted by Gasteiger charge is -2.39. The highest BCUT2D eigenvalue weighted by molar-refractivity contribution is 4.58. The number of hydrogen-bond acceptors (Lipinski definition) is 0. The molecule has 0 saturated carbocycles. The molecule has 1 unspecified atom stereocenters. The van der Waals surface area contributed by atoms with Crippen LogP contribution in [0.15, 0.2) is 0 Å². The van der Waals surface area contributed by atoms with Crippen LogP contribution in [0.3, 0.4) is 0 Å². The Bertz CT molecular complexity index is 168. The van der Waals surface area contributed by atoms with Gasteiger partial charge in [0.2, 0.25) is 0 Å². The zero-order chi connectivity index (χ0) is 11.3. The fourth-order valence-electron chi connectivity index (χ4n) is 2.92. The first kappa shape index (κ1) is 13.0. The minimum absolute atomic E-state index is 0.874. The third-order valence-corrected chi connectivity index (χ3v) is 3.89. The maximum atomic E-state index is 2.46. The van der Waals surface area contributed by atoms with E-state index in [-0.39, 0.29) is 0 Å². The molecule has 0 aromatic carbocycles. The minimum Gasteiger partial charge on any atom is -0.326 e. The lowest BCUT2D eigenvalue weighted by molar-refractivity contribution is -0.917. The van der Waals surface area contributed by atoms with E-state index < -0.39 is 0 Å². The van der Waals surface area contributed by atoms with Gasteiger partial charge < -0.3 is 4.48 Å². The first-order chi connectivity index (χ1) is 7.02. The molecule has 0 aromatic heterocycles. The van der Waals surface area contributed by atoms with Gasteiger partial charge in [0.05, 0.1) is 26.7 Å². The first-order valence-corrected chi connectivity index (χ1v) is 6.85. The molecule has 0 amide bonds. The summed E-state index contributed by atoms with van der Waals surface area (Å²) in [6.07, 6.45) is 7.20. The molecule has 1 rings (SSSR count). The van der Waals surface area contributed by atoms with Gasteiger partial charge in [0.25, 0.3) is 0 Å². The van der Waals surface area contributed by atoms with Crippen molar-refractivity contribution in [3.63, 3.8) is 0 Å². The molecule has 1 fully saturated rings. The quantitative estimate of drug-likeness (QED) is 0.610. The van der Waals surface area contributed by atoms with Crippen molar-refractivity contribution in [2.24, 2.45) is 11.8 Å². The van der Waals surface area contributed by atoms with E-state index in [1.54, 1.807) is 0 Å². The van der Waals surface area contributed by atoms with E-state index in [1.165, 1.54) is 56.2 Å². The Balaban J connectivity index is 2.25. The summed E-state index contributed by atoms with van der Waals surface area (Å²) >= 11 is 0. The number of quaternary nitrogens is 1. The Morgan fingerprint density at radius 2 is 1.53 bits per heavy atom. The van der Waals surface area contributed by atoms with Crippen molar-refractivity contribution in [1.29, 1.82) is 0 Å². The van der Waals surface area contributed by atoms with Crippen LogP contribution in [0.1, 0.15) is 52.9 Å². The molecule has 1 heteroatoms. The Labute approximate surface area is 96.4 Å². The van der Waals surface area contributed by atoms with Crippen LogP contribution < -0.4 is 0 Å². The van der Waals surface area contributed by atoms with Crippen molar-refractivity contribution in [3.05, 3.63) is 0 Å². The van der Waals surface area contributed by atoms with Crippen LogP contribution in [0.4, 0.5) is 0 Å². The normalized spacial score (nSPS) is 23.0. The molecule has 1 aliphatic heterocycles. The number of nitrogens with zero attached hydrogens (tertiary/aromatic N) is 1. The van der Waals surface area contributed by atoms with Gasteiger partial charge >= 0.3 is 0 Å². The summed E-state index contributed by atoms with van der Waals surface area (Å²) < 4.78 is 1.35. The van der Waals surface area contributed by atoms with Crippen molar-refractivity contribution in [3.8, 4) is 0 Å². The third-order valence-electron chi connectivity index (χ3n) is 3.89. The fourth-order valence-corrected chi connectivity index (χ4v) is 2.92. The summed E-state index contributed by atoms with van der Waals surface area (Å²) in [7, 11) is 2.46. The van der Waals surface area contributed by atoms with Gasteiger partial charge in [-0.3, -0.25) is 0 Å². The summed E-state index contributed by atoms with van der Waals surface area (Å²) in [6.45, 7) is 11.4. The third kappa shape index (κ3) is 5.01. The average Bonchev–Trinajstić information content (AvgIpc) is 2.15. The Morgan fingerprint density at radius 1 is 0.933 bits per heavy atom. The zero-order valence-electron chi connectivity index (χ0n) is 11.3. The Morgan fingerprint density at radius 3 is 2.07 bits per heavy atom. The van der Waals surface area contributed by atoms with Crippen LogP contribution in [-0.2, 0) is 0 Å². The van der Waals surface area contributed by atoms with E-state index in [0.29, 0.717) is 0 Å². The number of rotatable bonds is 5. The van der Waals surface area contributed by atoms with Crippen molar-refractivity contribution in [2.75, 3.05) is 26.7 Å². The molecule has 0 aromatic rings. The average molecular weight is 212 g/mol. The van der Waals surface area contributed by atoms with E-state index in [0.717, 1.165) is 11.8 Å². The van der Waals surface area contributed by atoms with Gasteiger partial charge in [0.15, 0.2) is 0 Å². The molecule has 1 heterocycles. The largest absolute Gasteiger partial charge is 0.326 e. The van der Waals surface area contributed by atoms with Crippen molar-refractivity contribution < 1.29 is 4.48 Å². The van der Waals surface area contributed by atoms with Gasteiger partial charge in [0, 0.05) is 5.92 Å². The number of likely N-dealkylation sites (tertiary alicyclic amines) is 1. The molecule has 0 bridgehead atoms. The van der Waals surface area contributed by atoms with E-state index in [4.69, 9.17) is 0 Å². The maximum absolute atomic E-state index is 2.46. The molecular formula is C14H30N+. The highest BCUT2D eigenvalue weighted by Gasteiger charge is 2.26. The second-order valence-electron chi connectivity index (χ2n) is 6.39. The molecule has 0 N–H and O–H groups in total. The van der Waals surface area contributed by atoms with Crippen LogP contribution in [0.25, 0.3) is 0 Å². The minimum atomic E-state index is 0.874. The predicted molar refractivity (Wildman–Crippen MR) is 67.9 cm³/mol. The number of piperidine rings is 1. The molecule has 0 aliphatic carbocycles. The second kappa shape index (κ2) is 5.89. The van der Waals surface area contributed by atoms with E-state index in [1.807, 2.05) is 0 Å². The first-order valence-electron chi connectivity index (χ1n) is 6.85. The second-order valence-corrected chi connectivity index (χ2v) is 6.39. The van der Waals surface area contributed by atoms with Gasteiger partial charge in [-0.15, -0.1) is 0 Å². The van der Waals surface area contributed by atoms with Crippen LogP contribution in [0.2, 0.25) is 0 Å². The van der Waals surface area contributed by atoms with Crippen LogP contribution in [0.5, 0.6) is 0 Å². The summed E-state index contributed by atoms with van der Waals surface area (Å²) in [4.78, 5) is 0. The molecule has 15 heavy (non-hydrogen) atoms. The highest BCUT2D eigenvalue weighted by atomic mass is 15.3. The molecule has 0 spiro atoms. The molecule has 0 radical (unpaired) electrons. The Hall–Kier alpha value is -0.0400. The van der Waals surface area contributed by atoms with Crippen molar-refractivity contribution >= 4 is 0 Å². The lowest BCUT2D eigenvalue weighted by Crippen LogP contribution is -2.50. The molecule has 1 atom stereocenters. The fraction of sp³-hybridized carbons (Fsp3) is 1.00. The van der Waals surface area contributed by atoms with E-state index in [2.05, 4.69) is 27.8 Å². The van der Waals surface area contributed by atoms with Crippen LogP contribution >= 0.6 is 0 Å². The molecule has 1 aliphatic rings. The topological polar surface area (TPSA) is 0 Å². The maximum Gasteiger partial charge on any atom is 0.0810 e. The summed E-state index contributed by atoms with van der Waals surface area (Å²) in [6, 6.07) is 0. The van der Waals surface area contributed by atoms with Crippen LogP contribution in [-0.4, -0.2) is 31.2 Å². The standard InChI is InChI=1S/C14H30N/c1-13(2)8-9-14(3)12-15(4)10-6-5-7-11-15/h13-14H,5-12H2,1-4H3/q+1. The van der Waals surface area contributed by atoms with E-state index in [9.17, 15) is 0 Å². The predicted octanol–water partition coefficient (Wildman–Crippen LogP) is 3.69. The van der Waals surface area contributed by atoms with Gasteiger partial charge in [0.1, 0.15) is 0 Å². The summed E-state index contributed by atoms with van der Waals surface area (Å²) in [5.74, 6) is 1.79.